The SMILES string of the molecule is O=C([C@H](CO)c1ccccc1)N1Cc2cn(S(=O)(=O)c3cnn(CC(F)F)c3)nc2C1. The number of aromatic nitrogens is 4. The number of carbonyl (C=O) groups excluding carboxylic acids is 1. The molecule has 4 rings (SSSR count). The van der Waals surface area contributed by atoms with Crippen molar-refractivity contribution in [2.45, 2.75) is 36.9 Å². The van der Waals surface area contributed by atoms with Crippen molar-refractivity contribution >= 4 is 15.9 Å². The van der Waals surface area contributed by atoms with E-state index in [4.69, 9.17) is 0 Å². The lowest BCUT2D eigenvalue weighted by Crippen LogP contribution is -2.33. The summed E-state index contributed by atoms with van der Waals surface area (Å²) < 4.78 is 52.1. The number of hydrogen-bond donors (Lipinski definition) is 1. The fraction of sp³-hybridized carbons (Fsp3) is 0.316. The van der Waals surface area contributed by atoms with Crippen molar-refractivity contribution in [2.24, 2.45) is 0 Å². The Morgan fingerprint density at radius 3 is 2.55 bits per heavy atom. The van der Waals surface area contributed by atoms with Crippen LogP contribution in [-0.4, -0.2) is 56.3 Å². The summed E-state index contributed by atoms with van der Waals surface area (Å²) in [6, 6.07) is 8.89. The molecule has 31 heavy (non-hydrogen) atoms. The number of amides is 1. The number of rotatable bonds is 7. The van der Waals surface area contributed by atoms with Crippen LogP contribution in [0, 0.1) is 0 Å². The van der Waals surface area contributed by atoms with E-state index in [2.05, 4.69) is 10.2 Å². The summed E-state index contributed by atoms with van der Waals surface area (Å²) in [4.78, 5) is 14.1. The molecule has 3 heterocycles. The van der Waals surface area contributed by atoms with E-state index in [1.165, 1.54) is 11.1 Å². The summed E-state index contributed by atoms with van der Waals surface area (Å²) in [6.45, 7) is -0.814. The van der Waals surface area contributed by atoms with Gasteiger partial charge in [0.1, 0.15) is 11.4 Å². The van der Waals surface area contributed by atoms with Gasteiger partial charge in [0.25, 0.3) is 16.4 Å². The van der Waals surface area contributed by atoms with Gasteiger partial charge in [0.05, 0.1) is 31.0 Å². The third kappa shape index (κ3) is 4.08. The van der Waals surface area contributed by atoms with Gasteiger partial charge < -0.3 is 10.0 Å². The number of aliphatic hydroxyl groups excluding tert-OH is 1. The Morgan fingerprint density at radius 1 is 1.16 bits per heavy atom. The zero-order valence-corrected chi connectivity index (χ0v) is 17.0. The Hall–Kier alpha value is -3.12. The largest absolute Gasteiger partial charge is 0.395 e. The number of alkyl halides is 2. The molecule has 1 aliphatic heterocycles. The van der Waals surface area contributed by atoms with E-state index in [0.29, 0.717) is 16.8 Å². The Balaban J connectivity index is 1.50. The molecule has 0 fully saturated rings. The zero-order chi connectivity index (χ0) is 22.2. The molecule has 1 aromatic carbocycles. The third-order valence-corrected chi connectivity index (χ3v) is 6.52. The predicted octanol–water partition coefficient (Wildman–Crippen LogP) is 1.20. The normalized spacial score (nSPS) is 14.8. The van der Waals surface area contributed by atoms with Gasteiger partial charge in [-0.3, -0.25) is 9.48 Å². The van der Waals surface area contributed by atoms with Gasteiger partial charge >= 0.3 is 0 Å². The van der Waals surface area contributed by atoms with E-state index in [0.717, 1.165) is 21.2 Å². The van der Waals surface area contributed by atoms with E-state index in [1.807, 2.05) is 6.07 Å². The zero-order valence-electron chi connectivity index (χ0n) is 16.2. The molecule has 1 atom stereocenters. The van der Waals surface area contributed by atoms with Gasteiger partial charge in [-0.15, -0.1) is 0 Å². The topological polar surface area (TPSA) is 110 Å². The standard InChI is InChI=1S/C19H19F2N5O4S/c20-18(21)11-25-9-15(6-22-25)31(29,30)26-8-14-7-24(10-17(14)23-26)19(28)16(12-27)13-4-2-1-3-5-13/h1-6,8-9,16,18,27H,7,10-12H2/t16-/m1/s1. The van der Waals surface area contributed by atoms with Crippen molar-refractivity contribution in [3.63, 3.8) is 0 Å². The van der Waals surface area contributed by atoms with Gasteiger partial charge in [-0.2, -0.15) is 22.7 Å². The van der Waals surface area contributed by atoms with E-state index < -0.39 is 28.9 Å². The average Bonchev–Trinajstić information content (AvgIpc) is 3.44. The monoisotopic (exact) mass is 451 g/mol. The molecule has 0 saturated heterocycles. The molecular formula is C19H19F2N5O4S. The predicted molar refractivity (Wildman–Crippen MR) is 104 cm³/mol. The Kier molecular flexibility index (Phi) is 5.58. The molecular weight excluding hydrogens is 432 g/mol. The highest BCUT2D eigenvalue weighted by molar-refractivity contribution is 7.89. The van der Waals surface area contributed by atoms with Crippen LogP contribution in [0.15, 0.2) is 53.8 Å². The maximum absolute atomic E-state index is 12.9. The highest BCUT2D eigenvalue weighted by atomic mass is 32.2. The fourth-order valence-electron chi connectivity index (χ4n) is 3.47. The lowest BCUT2D eigenvalue weighted by atomic mass is 9.98. The molecule has 164 valence electrons. The number of aliphatic hydroxyl groups is 1. The number of fused-ring (bicyclic) bond motifs is 1. The Labute approximate surface area is 176 Å². The second-order valence-corrected chi connectivity index (χ2v) is 8.90. The van der Waals surface area contributed by atoms with Gasteiger partial charge in [0, 0.05) is 24.5 Å². The molecule has 3 aromatic rings. The highest BCUT2D eigenvalue weighted by Crippen LogP contribution is 2.27. The van der Waals surface area contributed by atoms with Crippen LogP contribution in [0.1, 0.15) is 22.7 Å². The first kappa shape index (κ1) is 21.1. The van der Waals surface area contributed by atoms with Crippen molar-refractivity contribution in [2.75, 3.05) is 6.61 Å². The van der Waals surface area contributed by atoms with Gasteiger partial charge in [-0.1, -0.05) is 30.3 Å². The van der Waals surface area contributed by atoms with Gasteiger partial charge in [-0.25, -0.2) is 8.78 Å². The molecule has 0 bridgehead atoms. The second-order valence-electron chi connectivity index (χ2n) is 7.11. The molecule has 12 heteroatoms. The molecule has 1 aliphatic rings. The molecule has 0 saturated carbocycles. The minimum absolute atomic E-state index is 0.102. The van der Waals surface area contributed by atoms with Crippen molar-refractivity contribution in [3.05, 3.63) is 65.7 Å². The minimum Gasteiger partial charge on any atom is -0.395 e. The van der Waals surface area contributed by atoms with E-state index in [9.17, 15) is 27.1 Å². The van der Waals surface area contributed by atoms with Gasteiger partial charge in [0.2, 0.25) is 5.91 Å². The molecule has 2 aromatic heterocycles. The van der Waals surface area contributed by atoms with Crippen molar-refractivity contribution in [1.82, 2.24) is 23.9 Å². The van der Waals surface area contributed by atoms with Gasteiger partial charge in [0.15, 0.2) is 0 Å². The van der Waals surface area contributed by atoms with Crippen LogP contribution in [0.3, 0.4) is 0 Å². The summed E-state index contributed by atoms with van der Waals surface area (Å²) in [5.41, 5.74) is 1.66. The van der Waals surface area contributed by atoms with Crippen molar-refractivity contribution in [1.29, 1.82) is 0 Å². The summed E-state index contributed by atoms with van der Waals surface area (Å²) in [6.07, 6.45) is 0.659. The first-order chi connectivity index (χ1) is 14.8. The molecule has 9 nitrogen and oxygen atoms in total. The number of carbonyl (C=O) groups is 1. The number of hydrogen-bond acceptors (Lipinski definition) is 6. The van der Waals surface area contributed by atoms with Crippen LogP contribution >= 0.6 is 0 Å². The van der Waals surface area contributed by atoms with E-state index in [-0.39, 0.29) is 30.5 Å². The molecule has 1 N–H and O–H groups in total. The lowest BCUT2D eigenvalue weighted by Gasteiger charge is -2.22. The second kappa shape index (κ2) is 8.19. The van der Waals surface area contributed by atoms with E-state index >= 15 is 0 Å². The Morgan fingerprint density at radius 2 is 1.90 bits per heavy atom. The summed E-state index contributed by atoms with van der Waals surface area (Å²) in [5.74, 6) is -1.00. The maximum Gasteiger partial charge on any atom is 0.286 e. The van der Waals surface area contributed by atoms with Crippen LogP contribution in [0.4, 0.5) is 8.78 Å². The lowest BCUT2D eigenvalue weighted by molar-refractivity contribution is -0.134. The summed E-state index contributed by atoms with van der Waals surface area (Å²) in [5, 5.41) is 17.4. The third-order valence-electron chi connectivity index (χ3n) is 5.03. The molecule has 0 spiro atoms. The number of benzene rings is 1. The van der Waals surface area contributed by atoms with Crippen LogP contribution in [0.2, 0.25) is 0 Å². The maximum atomic E-state index is 12.9. The number of nitrogens with zero attached hydrogens (tertiary/aromatic N) is 5. The first-order valence-electron chi connectivity index (χ1n) is 9.37. The first-order valence-corrected chi connectivity index (χ1v) is 10.8. The molecule has 0 aliphatic carbocycles. The Bertz CT molecular complexity index is 1170. The van der Waals surface area contributed by atoms with Crippen molar-refractivity contribution < 1.29 is 27.1 Å². The molecule has 0 radical (unpaired) electrons. The average molecular weight is 451 g/mol. The molecule has 1 amide bonds. The van der Waals surface area contributed by atoms with Crippen LogP contribution < -0.4 is 0 Å². The summed E-state index contributed by atoms with van der Waals surface area (Å²) >= 11 is 0. The van der Waals surface area contributed by atoms with Gasteiger partial charge in [-0.05, 0) is 5.56 Å². The molecule has 0 unspecified atom stereocenters. The summed E-state index contributed by atoms with van der Waals surface area (Å²) in [7, 11) is -4.10. The number of halogens is 2. The van der Waals surface area contributed by atoms with Crippen LogP contribution in [-0.2, 0) is 34.5 Å². The van der Waals surface area contributed by atoms with E-state index in [1.54, 1.807) is 24.3 Å². The highest BCUT2D eigenvalue weighted by Gasteiger charge is 2.33. The van der Waals surface area contributed by atoms with Crippen LogP contribution in [0.25, 0.3) is 0 Å². The fourth-order valence-corrected chi connectivity index (χ4v) is 4.59. The minimum atomic E-state index is -4.10. The van der Waals surface area contributed by atoms with Crippen LogP contribution in [0.5, 0.6) is 0 Å². The quantitative estimate of drug-likeness (QED) is 0.578. The van der Waals surface area contributed by atoms with Crippen molar-refractivity contribution in [3.8, 4) is 0 Å². The smallest absolute Gasteiger partial charge is 0.286 e.